The van der Waals surface area contributed by atoms with Gasteiger partial charge in [-0.05, 0) is 54.9 Å². The van der Waals surface area contributed by atoms with E-state index in [-0.39, 0.29) is 11.8 Å². The zero-order valence-corrected chi connectivity index (χ0v) is 18.7. The third-order valence-electron chi connectivity index (χ3n) is 5.18. The maximum absolute atomic E-state index is 13.0. The van der Waals surface area contributed by atoms with Crippen molar-refractivity contribution >= 4 is 51.8 Å². The maximum Gasteiger partial charge on any atom is 0.265 e. The third-order valence-corrected chi connectivity index (χ3v) is 6.28. The Morgan fingerprint density at radius 3 is 2.48 bits per heavy atom. The maximum atomic E-state index is 13.0. The lowest BCUT2D eigenvalue weighted by Gasteiger charge is -2.35. The molecule has 2 aromatic carbocycles. The summed E-state index contributed by atoms with van der Waals surface area (Å²) in [5.74, 6) is -0.454. The van der Waals surface area contributed by atoms with Gasteiger partial charge in [-0.15, -0.1) is 11.3 Å². The van der Waals surface area contributed by atoms with E-state index < -0.39 is 0 Å². The third kappa shape index (κ3) is 5.25. The van der Waals surface area contributed by atoms with E-state index in [2.05, 4.69) is 27.5 Å². The topological polar surface area (TPSA) is 64.7 Å². The molecule has 1 aliphatic rings. The highest BCUT2D eigenvalue weighted by Crippen LogP contribution is 2.30. The van der Waals surface area contributed by atoms with Gasteiger partial charge in [0, 0.05) is 42.5 Å². The number of amides is 2. The molecule has 8 heteroatoms. The van der Waals surface area contributed by atoms with E-state index in [0.29, 0.717) is 26.8 Å². The normalized spacial score (nSPS) is 14.3. The molecule has 2 N–H and O–H groups in total. The molecule has 0 spiro atoms. The van der Waals surface area contributed by atoms with E-state index in [1.807, 2.05) is 23.6 Å². The Balaban J connectivity index is 1.51. The quantitative estimate of drug-likeness (QED) is 0.588. The van der Waals surface area contributed by atoms with Gasteiger partial charge in [0.2, 0.25) is 0 Å². The molecular formula is C23H23ClN4O2S. The Labute approximate surface area is 190 Å². The van der Waals surface area contributed by atoms with E-state index >= 15 is 0 Å². The molecule has 1 saturated heterocycles. The minimum Gasteiger partial charge on any atom is -0.367 e. The molecule has 1 aliphatic heterocycles. The Kier molecular flexibility index (Phi) is 6.56. The fourth-order valence-corrected chi connectivity index (χ4v) is 4.26. The summed E-state index contributed by atoms with van der Waals surface area (Å²) < 4.78 is 0. The van der Waals surface area contributed by atoms with Crippen LogP contribution in [-0.4, -0.2) is 49.9 Å². The van der Waals surface area contributed by atoms with Crippen molar-refractivity contribution < 1.29 is 9.59 Å². The standard InChI is InChI=1S/C23H23ClN4O2S/c1-27-9-11-28(12-10-27)20-8-7-17(24)15-19(20)26-22(29)16-4-2-5-18(14-16)25-23(30)21-6-3-13-31-21/h2-8,13-15H,9-12H2,1H3,(H,25,30)(H,26,29). The largest absolute Gasteiger partial charge is 0.367 e. The number of anilines is 3. The van der Waals surface area contributed by atoms with E-state index in [1.165, 1.54) is 11.3 Å². The smallest absolute Gasteiger partial charge is 0.265 e. The van der Waals surface area contributed by atoms with Crippen molar-refractivity contribution in [2.24, 2.45) is 0 Å². The number of benzene rings is 2. The van der Waals surface area contributed by atoms with Crippen molar-refractivity contribution in [2.45, 2.75) is 0 Å². The summed E-state index contributed by atoms with van der Waals surface area (Å²) in [7, 11) is 2.10. The van der Waals surface area contributed by atoms with Gasteiger partial charge in [-0.1, -0.05) is 23.7 Å². The highest BCUT2D eigenvalue weighted by Gasteiger charge is 2.19. The van der Waals surface area contributed by atoms with Gasteiger partial charge < -0.3 is 20.4 Å². The highest BCUT2D eigenvalue weighted by atomic mass is 35.5. The molecule has 3 aromatic rings. The molecule has 4 rings (SSSR count). The van der Waals surface area contributed by atoms with E-state index in [4.69, 9.17) is 11.6 Å². The summed E-state index contributed by atoms with van der Waals surface area (Å²) in [6.07, 6.45) is 0. The molecule has 6 nitrogen and oxygen atoms in total. The minimum atomic E-state index is -0.259. The molecule has 0 atom stereocenters. The van der Waals surface area contributed by atoms with Crippen LogP contribution in [0, 0.1) is 0 Å². The summed E-state index contributed by atoms with van der Waals surface area (Å²) >= 11 is 7.58. The van der Waals surface area contributed by atoms with Crippen LogP contribution in [-0.2, 0) is 0 Å². The Bertz CT molecular complexity index is 1080. The molecule has 0 aliphatic carbocycles. The lowest BCUT2D eigenvalue weighted by Crippen LogP contribution is -2.44. The first-order valence-corrected chi connectivity index (χ1v) is 11.2. The number of piperazine rings is 1. The number of thiophene rings is 1. The van der Waals surface area contributed by atoms with Gasteiger partial charge in [0.1, 0.15) is 0 Å². The summed E-state index contributed by atoms with van der Waals surface area (Å²) in [4.78, 5) is 30.4. The first-order valence-electron chi connectivity index (χ1n) is 9.99. The van der Waals surface area contributed by atoms with Crippen LogP contribution >= 0.6 is 22.9 Å². The van der Waals surface area contributed by atoms with Crippen LogP contribution < -0.4 is 15.5 Å². The van der Waals surface area contributed by atoms with Gasteiger partial charge in [-0.2, -0.15) is 0 Å². The number of likely N-dealkylation sites (N-methyl/N-ethyl adjacent to an activating group) is 1. The van der Waals surface area contributed by atoms with Crippen LogP contribution in [0.5, 0.6) is 0 Å². The van der Waals surface area contributed by atoms with Gasteiger partial charge in [0.15, 0.2) is 0 Å². The summed E-state index contributed by atoms with van der Waals surface area (Å²) in [6, 6.07) is 16.0. The number of carbonyl (C=O) groups excluding carboxylic acids is 2. The Hall–Kier alpha value is -2.87. The lowest BCUT2D eigenvalue weighted by molar-refractivity contribution is 0.101. The molecule has 0 saturated carbocycles. The molecule has 0 unspecified atom stereocenters. The zero-order valence-electron chi connectivity index (χ0n) is 17.1. The molecule has 2 amide bonds. The molecule has 31 heavy (non-hydrogen) atoms. The van der Waals surface area contributed by atoms with Crippen molar-refractivity contribution in [1.29, 1.82) is 0 Å². The SMILES string of the molecule is CN1CCN(c2ccc(Cl)cc2NC(=O)c2cccc(NC(=O)c3cccs3)c2)CC1. The van der Waals surface area contributed by atoms with Gasteiger partial charge in [-0.3, -0.25) is 9.59 Å². The number of halogens is 1. The molecule has 0 radical (unpaired) electrons. The molecule has 1 fully saturated rings. The van der Waals surface area contributed by atoms with Crippen LogP contribution in [0.2, 0.25) is 5.02 Å². The molecule has 0 bridgehead atoms. The molecule has 2 heterocycles. The fraction of sp³-hybridized carbons (Fsp3) is 0.217. The van der Waals surface area contributed by atoms with Crippen LogP contribution in [0.25, 0.3) is 0 Å². The second-order valence-electron chi connectivity index (χ2n) is 7.42. The highest BCUT2D eigenvalue weighted by molar-refractivity contribution is 7.12. The Morgan fingerprint density at radius 1 is 0.935 bits per heavy atom. The van der Waals surface area contributed by atoms with Crippen molar-refractivity contribution in [2.75, 3.05) is 48.8 Å². The number of hydrogen-bond acceptors (Lipinski definition) is 5. The summed E-state index contributed by atoms with van der Waals surface area (Å²) in [5, 5.41) is 8.24. The monoisotopic (exact) mass is 454 g/mol. The number of rotatable bonds is 5. The van der Waals surface area contributed by atoms with Crippen molar-refractivity contribution in [3.8, 4) is 0 Å². The average Bonchev–Trinajstić information content (AvgIpc) is 3.30. The van der Waals surface area contributed by atoms with E-state index in [1.54, 1.807) is 36.4 Å². The number of hydrogen-bond donors (Lipinski definition) is 2. The second-order valence-corrected chi connectivity index (χ2v) is 8.80. The summed E-state index contributed by atoms with van der Waals surface area (Å²) in [6.45, 7) is 3.68. The Morgan fingerprint density at radius 2 is 1.74 bits per heavy atom. The van der Waals surface area contributed by atoms with Gasteiger partial charge in [0.25, 0.3) is 11.8 Å². The average molecular weight is 455 g/mol. The second kappa shape index (κ2) is 9.51. The summed E-state index contributed by atoms with van der Waals surface area (Å²) in [5.41, 5.74) is 2.65. The lowest BCUT2D eigenvalue weighted by atomic mass is 10.1. The first-order chi connectivity index (χ1) is 15.0. The van der Waals surface area contributed by atoms with Crippen LogP contribution in [0.15, 0.2) is 60.0 Å². The van der Waals surface area contributed by atoms with Gasteiger partial charge in [-0.25, -0.2) is 0 Å². The first kappa shape index (κ1) is 21.4. The molecule has 1 aromatic heterocycles. The number of carbonyl (C=O) groups is 2. The van der Waals surface area contributed by atoms with Crippen molar-refractivity contribution in [3.63, 3.8) is 0 Å². The molecule has 160 valence electrons. The molecular weight excluding hydrogens is 432 g/mol. The predicted octanol–water partition coefficient (Wildman–Crippen LogP) is 4.66. The number of nitrogens with one attached hydrogen (secondary N) is 2. The minimum absolute atomic E-state index is 0.195. The zero-order chi connectivity index (χ0) is 21.8. The van der Waals surface area contributed by atoms with Gasteiger partial charge >= 0.3 is 0 Å². The van der Waals surface area contributed by atoms with E-state index in [9.17, 15) is 9.59 Å². The van der Waals surface area contributed by atoms with Crippen LogP contribution in [0.1, 0.15) is 20.0 Å². The predicted molar refractivity (Wildman–Crippen MR) is 128 cm³/mol. The van der Waals surface area contributed by atoms with E-state index in [0.717, 1.165) is 31.9 Å². The van der Waals surface area contributed by atoms with Crippen molar-refractivity contribution in [3.05, 3.63) is 75.4 Å². The van der Waals surface area contributed by atoms with Crippen molar-refractivity contribution in [1.82, 2.24) is 4.90 Å². The fourth-order valence-electron chi connectivity index (χ4n) is 3.46. The van der Waals surface area contributed by atoms with Crippen LogP contribution in [0.3, 0.4) is 0 Å². The number of nitrogens with zero attached hydrogens (tertiary/aromatic N) is 2. The van der Waals surface area contributed by atoms with Gasteiger partial charge in [0.05, 0.1) is 16.3 Å². The van der Waals surface area contributed by atoms with Crippen LogP contribution in [0.4, 0.5) is 17.1 Å².